The molecule has 3 amide bonds. The molecule has 1 aromatic carbocycles. The number of carbonyl (C=O) groups is 3. The van der Waals surface area contributed by atoms with Crippen molar-refractivity contribution in [3.05, 3.63) is 53.2 Å². The summed E-state index contributed by atoms with van der Waals surface area (Å²) in [6, 6.07) is 11.7. The van der Waals surface area contributed by atoms with Crippen LogP contribution in [0.5, 0.6) is 0 Å². The largest absolute Gasteiger partial charge is 0.311 e. The average molecular weight is 379 g/mol. The number of amides is 3. The standard InChI is InChI=1S/C16H15ClN4O3S/c1-10(22)18-14-4-2-3-13(19-14)16(24)21-20-15(23)9-25-12-7-5-11(17)6-8-12/h2-8H,9H2,1H3,(H,20,23)(H,21,24)(H,18,19,22). The van der Waals surface area contributed by atoms with Crippen molar-refractivity contribution in [2.45, 2.75) is 11.8 Å². The second-order valence-corrected chi connectivity index (χ2v) is 6.32. The van der Waals surface area contributed by atoms with Crippen LogP contribution in [0.25, 0.3) is 0 Å². The van der Waals surface area contributed by atoms with E-state index in [1.165, 1.54) is 24.8 Å². The fourth-order valence-electron chi connectivity index (χ4n) is 1.72. The highest BCUT2D eigenvalue weighted by Crippen LogP contribution is 2.19. The molecule has 0 unspecified atom stereocenters. The van der Waals surface area contributed by atoms with Gasteiger partial charge in [0.15, 0.2) is 0 Å². The van der Waals surface area contributed by atoms with Crippen molar-refractivity contribution in [1.82, 2.24) is 15.8 Å². The number of benzene rings is 1. The molecule has 1 heterocycles. The fourth-order valence-corrected chi connectivity index (χ4v) is 2.54. The van der Waals surface area contributed by atoms with Crippen LogP contribution in [0, 0.1) is 0 Å². The molecule has 0 saturated carbocycles. The number of anilines is 1. The number of nitrogens with one attached hydrogen (secondary N) is 3. The molecule has 0 aliphatic heterocycles. The lowest BCUT2D eigenvalue weighted by atomic mass is 10.3. The lowest BCUT2D eigenvalue weighted by molar-refractivity contribution is -0.119. The summed E-state index contributed by atoms with van der Waals surface area (Å²) in [4.78, 5) is 39.6. The molecular weight excluding hydrogens is 364 g/mol. The summed E-state index contributed by atoms with van der Waals surface area (Å²) in [6.07, 6.45) is 0. The lowest BCUT2D eigenvalue weighted by Gasteiger charge is -2.08. The number of thioether (sulfide) groups is 1. The van der Waals surface area contributed by atoms with E-state index in [1.54, 1.807) is 36.4 Å². The van der Waals surface area contributed by atoms with Gasteiger partial charge >= 0.3 is 0 Å². The quantitative estimate of drug-likeness (QED) is 0.547. The lowest BCUT2D eigenvalue weighted by Crippen LogP contribution is -2.42. The molecule has 1 aromatic heterocycles. The Kier molecular flexibility index (Phi) is 6.79. The summed E-state index contributed by atoms with van der Waals surface area (Å²) in [5.41, 5.74) is 4.65. The molecule has 0 fully saturated rings. The predicted octanol–water partition coefficient (Wildman–Crippen LogP) is 2.25. The van der Waals surface area contributed by atoms with Gasteiger partial charge in [-0.25, -0.2) is 4.98 Å². The fraction of sp³-hybridized carbons (Fsp3) is 0.125. The van der Waals surface area contributed by atoms with E-state index in [0.29, 0.717) is 5.02 Å². The molecule has 0 aliphatic carbocycles. The van der Waals surface area contributed by atoms with Crippen LogP contribution in [0.15, 0.2) is 47.4 Å². The molecule has 0 bridgehead atoms. The third kappa shape index (κ3) is 6.44. The Bertz CT molecular complexity index is 783. The highest BCUT2D eigenvalue weighted by molar-refractivity contribution is 8.00. The van der Waals surface area contributed by atoms with E-state index in [-0.39, 0.29) is 29.1 Å². The number of carbonyl (C=O) groups excluding carboxylic acids is 3. The van der Waals surface area contributed by atoms with Crippen molar-refractivity contribution >= 4 is 46.9 Å². The van der Waals surface area contributed by atoms with E-state index < -0.39 is 5.91 Å². The minimum absolute atomic E-state index is 0.0666. The van der Waals surface area contributed by atoms with Gasteiger partial charge in [0, 0.05) is 16.8 Å². The molecule has 2 rings (SSSR count). The SMILES string of the molecule is CC(=O)Nc1cccc(C(=O)NNC(=O)CSc2ccc(Cl)cc2)n1. The van der Waals surface area contributed by atoms with Crippen molar-refractivity contribution < 1.29 is 14.4 Å². The number of halogens is 1. The van der Waals surface area contributed by atoms with Crippen LogP contribution in [-0.4, -0.2) is 28.5 Å². The van der Waals surface area contributed by atoms with Crippen LogP contribution in [0.2, 0.25) is 5.02 Å². The summed E-state index contributed by atoms with van der Waals surface area (Å²) in [7, 11) is 0. The van der Waals surface area contributed by atoms with Crippen molar-refractivity contribution in [3.63, 3.8) is 0 Å². The Labute approximate surface area is 153 Å². The van der Waals surface area contributed by atoms with Gasteiger partial charge < -0.3 is 5.32 Å². The van der Waals surface area contributed by atoms with E-state index in [0.717, 1.165) is 4.90 Å². The van der Waals surface area contributed by atoms with Gasteiger partial charge in [-0.05, 0) is 36.4 Å². The Balaban J connectivity index is 1.81. The summed E-state index contributed by atoms with van der Waals surface area (Å²) < 4.78 is 0. The smallest absolute Gasteiger partial charge is 0.288 e. The number of aromatic nitrogens is 1. The third-order valence-corrected chi connectivity index (χ3v) is 4.05. The van der Waals surface area contributed by atoms with E-state index >= 15 is 0 Å². The Morgan fingerprint density at radius 2 is 1.80 bits per heavy atom. The van der Waals surface area contributed by atoms with Gasteiger partial charge in [0.25, 0.3) is 5.91 Å². The second-order valence-electron chi connectivity index (χ2n) is 4.83. The maximum Gasteiger partial charge on any atom is 0.288 e. The predicted molar refractivity (Wildman–Crippen MR) is 96.3 cm³/mol. The number of hydrogen-bond donors (Lipinski definition) is 3. The molecule has 7 nitrogen and oxygen atoms in total. The summed E-state index contributed by atoms with van der Waals surface area (Å²) >= 11 is 7.10. The number of hydrazine groups is 1. The topological polar surface area (TPSA) is 100 Å². The molecule has 2 aromatic rings. The van der Waals surface area contributed by atoms with Crippen LogP contribution in [0.4, 0.5) is 5.82 Å². The Hall–Kier alpha value is -2.58. The number of pyridine rings is 1. The normalized spacial score (nSPS) is 10.0. The molecule has 0 atom stereocenters. The van der Waals surface area contributed by atoms with Crippen LogP contribution < -0.4 is 16.2 Å². The number of hydrogen-bond acceptors (Lipinski definition) is 5. The molecule has 0 aliphatic rings. The molecule has 0 radical (unpaired) electrons. The van der Waals surface area contributed by atoms with Crippen molar-refractivity contribution in [3.8, 4) is 0 Å². The van der Waals surface area contributed by atoms with Gasteiger partial charge in [-0.2, -0.15) is 0 Å². The Morgan fingerprint density at radius 1 is 1.08 bits per heavy atom. The molecular formula is C16H15ClN4O3S. The molecule has 0 spiro atoms. The molecule has 130 valence electrons. The summed E-state index contributed by atoms with van der Waals surface area (Å²) in [6.45, 7) is 1.34. The van der Waals surface area contributed by atoms with Crippen molar-refractivity contribution in [2.75, 3.05) is 11.1 Å². The highest BCUT2D eigenvalue weighted by atomic mass is 35.5. The zero-order chi connectivity index (χ0) is 18.2. The molecule has 3 N–H and O–H groups in total. The molecule has 9 heteroatoms. The second kappa shape index (κ2) is 9.05. The van der Waals surface area contributed by atoms with Gasteiger partial charge in [0.1, 0.15) is 11.5 Å². The van der Waals surface area contributed by atoms with E-state index in [1.807, 2.05) is 0 Å². The maximum absolute atomic E-state index is 12.0. The monoisotopic (exact) mass is 378 g/mol. The number of nitrogens with zero attached hydrogens (tertiary/aromatic N) is 1. The average Bonchev–Trinajstić information content (AvgIpc) is 2.59. The van der Waals surface area contributed by atoms with Crippen LogP contribution >= 0.6 is 23.4 Å². The zero-order valence-corrected chi connectivity index (χ0v) is 14.8. The first-order chi connectivity index (χ1) is 11.9. The first kappa shape index (κ1) is 18.8. The van der Waals surface area contributed by atoms with E-state index in [4.69, 9.17) is 11.6 Å². The Morgan fingerprint density at radius 3 is 2.48 bits per heavy atom. The van der Waals surface area contributed by atoms with E-state index in [2.05, 4.69) is 21.2 Å². The molecule has 25 heavy (non-hydrogen) atoms. The van der Waals surface area contributed by atoms with Crippen LogP contribution in [-0.2, 0) is 9.59 Å². The van der Waals surface area contributed by atoms with Gasteiger partial charge in [0.05, 0.1) is 5.75 Å². The van der Waals surface area contributed by atoms with Crippen molar-refractivity contribution in [1.29, 1.82) is 0 Å². The summed E-state index contributed by atoms with van der Waals surface area (Å²) in [5, 5.41) is 3.10. The zero-order valence-electron chi connectivity index (χ0n) is 13.2. The van der Waals surface area contributed by atoms with Gasteiger partial charge in [-0.1, -0.05) is 17.7 Å². The number of rotatable bonds is 5. The van der Waals surface area contributed by atoms with Crippen molar-refractivity contribution in [2.24, 2.45) is 0 Å². The first-order valence-electron chi connectivity index (χ1n) is 7.16. The maximum atomic E-state index is 12.0. The molecule has 0 saturated heterocycles. The first-order valence-corrected chi connectivity index (χ1v) is 8.52. The van der Waals surface area contributed by atoms with Gasteiger partial charge in [0.2, 0.25) is 11.8 Å². The van der Waals surface area contributed by atoms with Gasteiger partial charge in [-0.3, -0.25) is 25.2 Å². The van der Waals surface area contributed by atoms with E-state index in [9.17, 15) is 14.4 Å². The van der Waals surface area contributed by atoms with Crippen LogP contribution in [0.3, 0.4) is 0 Å². The minimum atomic E-state index is -0.586. The minimum Gasteiger partial charge on any atom is -0.311 e. The van der Waals surface area contributed by atoms with Gasteiger partial charge in [-0.15, -0.1) is 11.8 Å². The summed E-state index contributed by atoms with van der Waals surface area (Å²) in [5.74, 6) is -0.868. The van der Waals surface area contributed by atoms with Crippen LogP contribution in [0.1, 0.15) is 17.4 Å². The highest BCUT2D eigenvalue weighted by Gasteiger charge is 2.10. The third-order valence-electron chi connectivity index (χ3n) is 2.78.